The summed E-state index contributed by atoms with van der Waals surface area (Å²) in [5.41, 5.74) is 0.765. The Kier molecular flexibility index (Phi) is 5.60. The van der Waals surface area contributed by atoms with Gasteiger partial charge in [-0.1, -0.05) is 34.6 Å². The standard InChI is InChI=1S/C17H17BrN4O2S/c1-3-14(16(23)19-12-8-6-11(18)7-9-12)25-17-21-20-15(22(17)2)13-5-4-10-24-13/h4-10,14H,3H2,1-2H3,(H,19,23)/t14-/m1/s1. The van der Waals surface area contributed by atoms with E-state index in [0.29, 0.717) is 23.2 Å². The first-order chi connectivity index (χ1) is 12.1. The second-order valence-corrected chi connectivity index (χ2v) is 7.44. The van der Waals surface area contributed by atoms with E-state index < -0.39 is 0 Å². The summed E-state index contributed by atoms with van der Waals surface area (Å²) in [7, 11) is 1.86. The quantitative estimate of drug-likeness (QED) is 0.600. The van der Waals surface area contributed by atoms with Gasteiger partial charge in [-0.05, 0) is 42.8 Å². The lowest BCUT2D eigenvalue weighted by atomic mass is 10.3. The van der Waals surface area contributed by atoms with Crippen LogP contribution in [-0.4, -0.2) is 25.9 Å². The summed E-state index contributed by atoms with van der Waals surface area (Å²) in [6, 6.07) is 11.1. The van der Waals surface area contributed by atoms with E-state index in [1.54, 1.807) is 12.3 Å². The normalized spacial score (nSPS) is 12.1. The minimum atomic E-state index is -0.268. The average Bonchev–Trinajstić information content (AvgIpc) is 3.24. The Morgan fingerprint density at radius 3 is 2.72 bits per heavy atom. The van der Waals surface area contributed by atoms with Gasteiger partial charge in [-0.3, -0.25) is 4.79 Å². The molecule has 0 saturated heterocycles. The van der Waals surface area contributed by atoms with Gasteiger partial charge in [-0.15, -0.1) is 10.2 Å². The van der Waals surface area contributed by atoms with Gasteiger partial charge < -0.3 is 14.3 Å². The third-order valence-electron chi connectivity index (χ3n) is 3.60. The number of benzene rings is 1. The zero-order chi connectivity index (χ0) is 17.8. The number of furan rings is 1. The van der Waals surface area contributed by atoms with Crippen molar-refractivity contribution in [2.75, 3.05) is 5.32 Å². The van der Waals surface area contributed by atoms with Crippen LogP contribution in [0.5, 0.6) is 0 Å². The van der Waals surface area contributed by atoms with Crippen LogP contribution in [0.1, 0.15) is 13.3 Å². The number of thioether (sulfide) groups is 1. The van der Waals surface area contributed by atoms with Crippen LogP contribution in [0, 0.1) is 0 Å². The lowest BCUT2D eigenvalue weighted by Crippen LogP contribution is -2.25. The Balaban J connectivity index is 1.71. The van der Waals surface area contributed by atoms with Crippen molar-refractivity contribution < 1.29 is 9.21 Å². The van der Waals surface area contributed by atoms with E-state index in [9.17, 15) is 4.79 Å². The van der Waals surface area contributed by atoms with Gasteiger partial charge in [0.25, 0.3) is 0 Å². The zero-order valence-electron chi connectivity index (χ0n) is 13.8. The summed E-state index contributed by atoms with van der Waals surface area (Å²) in [6.45, 7) is 1.97. The minimum absolute atomic E-state index is 0.0580. The van der Waals surface area contributed by atoms with Crippen molar-refractivity contribution in [3.8, 4) is 11.6 Å². The number of carbonyl (C=O) groups is 1. The molecule has 1 amide bonds. The Morgan fingerprint density at radius 1 is 1.32 bits per heavy atom. The molecule has 8 heteroatoms. The molecule has 2 heterocycles. The van der Waals surface area contributed by atoms with Crippen molar-refractivity contribution in [1.29, 1.82) is 0 Å². The molecule has 3 rings (SSSR count). The molecule has 0 aliphatic heterocycles. The van der Waals surface area contributed by atoms with Crippen molar-refractivity contribution in [1.82, 2.24) is 14.8 Å². The topological polar surface area (TPSA) is 73.0 Å². The number of anilines is 1. The predicted octanol–water partition coefficient (Wildman–Crippen LogP) is 4.35. The smallest absolute Gasteiger partial charge is 0.237 e. The van der Waals surface area contributed by atoms with E-state index in [1.807, 2.05) is 48.9 Å². The molecule has 0 bridgehead atoms. The van der Waals surface area contributed by atoms with Crippen LogP contribution in [-0.2, 0) is 11.8 Å². The first-order valence-electron chi connectivity index (χ1n) is 7.75. The maximum absolute atomic E-state index is 12.6. The average molecular weight is 421 g/mol. The van der Waals surface area contributed by atoms with Gasteiger partial charge in [-0.2, -0.15) is 0 Å². The molecule has 0 spiro atoms. The first-order valence-corrected chi connectivity index (χ1v) is 9.42. The second-order valence-electron chi connectivity index (χ2n) is 5.35. The second kappa shape index (κ2) is 7.88. The molecule has 3 aromatic rings. The fraction of sp³-hybridized carbons (Fsp3) is 0.235. The lowest BCUT2D eigenvalue weighted by molar-refractivity contribution is -0.115. The highest BCUT2D eigenvalue weighted by Crippen LogP contribution is 2.28. The highest BCUT2D eigenvalue weighted by atomic mass is 79.9. The molecule has 1 aromatic carbocycles. The Labute approximate surface area is 158 Å². The van der Waals surface area contributed by atoms with Crippen molar-refractivity contribution >= 4 is 39.3 Å². The fourth-order valence-corrected chi connectivity index (χ4v) is 3.43. The minimum Gasteiger partial charge on any atom is -0.461 e. The molecule has 1 atom stereocenters. The Hall–Kier alpha value is -2.06. The number of carbonyl (C=O) groups excluding carboxylic acids is 1. The number of rotatable bonds is 6. The zero-order valence-corrected chi connectivity index (χ0v) is 16.2. The van der Waals surface area contributed by atoms with E-state index in [2.05, 4.69) is 31.4 Å². The summed E-state index contributed by atoms with van der Waals surface area (Å²) in [6.07, 6.45) is 2.27. The van der Waals surface area contributed by atoms with Crippen LogP contribution in [0.15, 0.2) is 56.7 Å². The van der Waals surface area contributed by atoms with Crippen LogP contribution in [0.25, 0.3) is 11.6 Å². The Bertz CT molecular complexity index is 846. The number of nitrogens with zero attached hydrogens (tertiary/aromatic N) is 3. The molecular formula is C17H17BrN4O2S. The number of hydrogen-bond acceptors (Lipinski definition) is 5. The third kappa shape index (κ3) is 4.13. The summed E-state index contributed by atoms with van der Waals surface area (Å²) in [4.78, 5) is 12.6. The molecule has 0 aliphatic carbocycles. The Morgan fingerprint density at radius 2 is 2.08 bits per heavy atom. The molecule has 0 radical (unpaired) electrons. The number of aromatic nitrogens is 3. The molecule has 0 unspecified atom stereocenters. The lowest BCUT2D eigenvalue weighted by Gasteiger charge is -2.14. The predicted molar refractivity (Wildman–Crippen MR) is 101 cm³/mol. The highest BCUT2D eigenvalue weighted by Gasteiger charge is 2.22. The van der Waals surface area contributed by atoms with Gasteiger partial charge in [0.1, 0.15) is 0 Å². The van der Waals surface area contributed by atoms with Gasteiger partial charge in [0.2, 0.25) is 5.91 Å². The number of halogens is 1. The van der Waals surface area contributed by atoms with Gasteiger partial charge >= 0.3 is 0 Å². The molecule has 2 aromatic heterocycles. The summed E-state index contributed by atoms with van der Waals surface area (Å²) in [5, 5.41) is 11.7. The van der Waals surface area contributed by atoms with Crippen LogP contribution in [0.2, 0.25) is 0 Å². The molecule has 0 saturated carbocycles. The fourth-order valence-electron chi connectivity index (χ4n) is 2.24. The van der Waals surface area contributed by atoms with E-state index in [-0.39, 0.29) is 11.2 Å². The first kappa shape index (κ1) is 17.8. The largest absolute Gasteiger partial charge is 0.461 e. The molecule has 130 valence electrons. The summed E-state index contributed by atoms with van der Waals surface area (Å²) in [5.74, 6) is 1.22. The monoisotopic (exact) mass is 420 g/mol. The van der Waals surface area contributed by atoms with Gasteiger partial charge in [0.15, 0.2) is 16.7 Å². The molecule has 0 aliphatic rings. The van der Waals surface area contributed by atoms with Crippen molar-refractivity contribution in [2.24, 2.45) is 7.05 Å². The van der Waals surface area contributed by atoms with E-state index >= 15 is 0 Å². The van der Waals surface area contributed by atoms with E-state index in [4.69, 9.17) is 4.42 Å². The summed E-state index contributed by atoms with van der Waals surface area (Å²) < 4.78 is 8.17. The molecule has 0 fully saturated rings. The highest BCUT2D eigenvalue weighted by molar-refractivity contribution is 9.10. The number of hydrogen-bond donors (Lipinski definition) is 1. The molecular weight excluding hydrogens is 404 g/mol. The van der Waals surface area contributed by atoms with Crippen LogP contribution in [0.3, 0.4) is 0 Å². The maximum atomic E-state index is 12.6. The van der Waals surface area contributed by atoms with Crippen LogP contribution in [0.4, 0.5) is 5.69 Å². The molecule has 1 N–H and O–H groups in total. The van der Waals surface area contributed by atoms with Gasteiger partial charge in [-0.25, -0.2) is 0 Å². The SMILES string of the molecule is CC[C@@H](Sc1nnc(-c2ccco2)n1C)C(=O)Nc1ccc(Br)cc1. The van der Waals surface area contributed by atoms with Crippen molar-refractivity contribution in [3.63, 3.8) is 0 Å². The number of nitrogens with one attached hydrogen (secondary N) is 1. The number of amides is 1. The van der Waals surface area contributed by atoms with Crippen molar-refractivity contribution in [2.45, 2.75) is 23.8 Å². The maximum Gasteiger partial charge on any atom is 0.237 e. The van der Waals surface area contributed by atoms with E-state index in [0.717, 1.165) is 10.2 Å². The molecule has 6 nitrogen and oxygen atoms in total. The van der Waals surface area contributed by atoms with Gasteiger partial charge in [0.05, 0.1) is 11.5 Å². The van der Waals surface area contributed by atoms with Crippen LogP contribution < -0.4 is 5.32 Å². The van der Waals surface area contributed by atoms with Crippen LogP contribution >= 0.6 is 27.7 Å². The third-order valence-corrected chi connectivity index (χ3v) is 5.53. The van der Waals surface area contributed by atoms with Crippen molar-refractivity contribution in [3.05, 3.63) is 47.1 Å². The van der Waals surface area contributed by atoms with E-state index in [1.165, 1.54) is 11.8 Å². The van der Waals surface area contributed by atoms with Gasteiger partial charge in [0, 0.05) is 17.2 Å². The summed E-state index contributed by atoms with van der Waals surface area (Å²) >= 11 is 4.77. The molecule has 25 heavy (non-hydrogen) atoms.